The Hall–Kier alpha value is -0.590. The molecule has 0 bridgehead atoms. The zero-order valence-electron chi connectivity index (χ0n) is 8.10. The topological polar surface area (TPSA) is 17.1 Å². The van der Waals surface area contributed by atoms with Crippen LogP contribution in [0.25, 0.3) is 0 Å². The molecule has 0 amide bonds. The summed E-state index contributed by atoms with van der Waals surface area (Å²) < 4.78 is 0. The second kappa shape index (κ2) is 3.88. The molecule has 0 aromatic carbocycles. The molecule has 0 atom stereocenters. The maximum atomic E-state index is 10.2. The molecule has 0 aromatic rings. The van der Waals surface area contributed by atoms with Crippen LogP contribution in [0, 0.1) is 5.41 Å². The zero-order valence-corrected chi connectivity index (χ0v) is 8.10. The summed E-state index contributed by atoms with van der Waals surface area (Å²) >= 11 is 0. The predicted octanol–water partition coefficient (Wildman–Crippen LogP) is 3.10. The lowest BCUT2D eigenvalue weighted by molar-refractivity contribution is -0.108. The van der Waals surface area contributed by atoms with Crippen molar-refractivity contribution in [3.8, 4) is 0 Å². The third-order valence-electron chi connectivity index (χ3n) is 2.69. The van der Waals surface area contributed by atoms with Gasteiger partial charge in [-0.15, -0.1) is 0 Å². The smallest absolute Gasteiger partial charge is 0.120 e. The molecule has 1 aliphatic carbocycles. The minimum atomic E-state index is 0.526. The molecule has 1 saturated carbocycles. The molecule has 0 aliphatic heterocycles. The summed E-state index contributed by atoms with van der Waals surface area (Å²) in [6.07, 6.45) is 9.02. The van der Waals surface area contributed by atoms with Crippen molar-refractivity contribution in [2.24, 2.45) is 5.41 Å². The Balaban J connectivity index is 2.29. The van der Waals surface area contributed by atoms with Gasteiger partial charge in [0.15, 0.2) is 0 Å². The molecule has 0 spiro atoms. The van der Waals surface area contributed by atoms with E-state index in [-0.39, 0.29) is 0 Å². The third-order valence-corrected chi connectivity index (χ3v) is 2.69. The molecule has 1 fully saturated rings. The van der Waals surface area contributed by atoms with Gasteiger partial charge in [0.25, 0.3) is 0 Å². The number of rotatable bonds is 5. The standard InChI is InChI=1S/C11H18O/c1-10(2)4-6-11(7-8-11)5-3-9-12/h4,9H,3,5-8H2,1-2H3. The van der Waals surface area contributed by atoms with Crippen LogP contribution >= 0.6 is 0 Å². The monoisotopic (exact) mass is 166 g/mol. The van der Waals surface area contributed by atoms with Gasteiger partial charge >= 0.3 is 0 Å². The number of hydrogen-bond donors (Lipinski definition) is 0. The number of carbonyl (C=O) groups is 1. The van der Waals surface area contributed by atoms with Crippen molar-refractivity contribution >= 4 is 6.29 Å². The van der Waals surface area contributed by atoms with Crippen LogP contribution in [0.15, 0.2) is 11.6 Å². The largest absolute Gasteiger partial charge is 0.303 e. The fraction of sp³-hybridized carbons (Fsp3) is 0.727. The van der Waals surface area contributed by atoms with E-state index >= 15 is 0 Å². The van der Waals surface area contributed by atoms with Crippen LogP contribution in [-0.4, -0.2) is 6.29 Å². The lowest BCUT2D eigenvalue weighted by atomic mass is 9.95. The molecule has 12 heavy (non-hydrogen) atoms. The van der Waals surface area contributed by atoms with E-state index in [1.807, 2.05) is 0 Å². The minimum absolute atomic E-state index is 0.526. The first kappa shape index (κ1) is 9.50. The van der Waals surface area contributed by atoms with Gasteiger partial charge in [0.2, 0.25) is 0 Å². The van der Waals surface area contributed by atoms with Crippen molar-refractivity contribution in [1.29, 1.82) is 0 Å². The summed E-state index contributed by atoms with van der Waals surface area (Å²) in [5.41, 5.74) is 1.92. The molecule has 1 nitrogen and oxygen atoms in total. The van der Waals surface area contributed by atoms with Gasteiger partial charge in [-0.25, -0.2) is 0 Å². The highest BCUT2D eigenvalue weighted by Gasteiger charge is 2.40. The van der Waals surface area contributed by atoms with Crippen LogP contribution in [0.1, 0.15) is 46.0 Å². The van der Waals surface area contributed by atoms with Gasteiger partial charge in [0.05, 0.1) is 0 Å². The number of aldehydes is 1. The average molecular weight is 166 g/mol. The van der Waals surface area contributed by atoms with E-state index in [0.29, 0.717) is 5.41 Å². The molecule has 0 N–H and O–H groups in total. The van der Waals surface area contributed by atoms with Crippen molar-refractivity contribution in [2.45, 2.75) is 46.0 Å². The number of allylic oxidation sites excluding steroid dienone is 2. The first-order valence-electron chi connectivity index (χ1n) is 4.76. The first-order chi connectivity index (χ1) is 5.68. The van der Waals surface area contributed by atoms with E-state index in [9.17, 15) is 4.79 Å². The van der Waals surface area contributed by atoms with Crippen molar-refractivity contribution in [2.75, 3.05) is 0 Å². The number of carbonyl (C=O) groups excluding carboxylic acids is 1. The fourth-order valence-electron chi connectivity index (χ4n) is 1.52. The van der Waals surface area contributed by atoms with E-state index in [1.165, 1.54) is 24.8 Å². The summed E-state index contributed by atoms with van der Waals surface area (Å²) in [7, 11) is 0. The second-order valence-electron chi connectivity index (χ2n) is 4.19. The van der Waals surface area contributed by atoms with E-state index in [2.05, 4.69) is 19.9 Å². The van der Waals surface area contributed by atoms with Crippen molar-refractivity contribution in [1.82, 2.24) is 0 Å². The van der Waals surface area contributed by atoms with Crippen molar-refractivity contribution in [3.05, 3.63) is 11.6 Å². The van der Waals surface area contributed by atoms with Gasteiger partial charge in [-0.05, 0) is 44.9 Å². The molecule has 1 rings (SSSR count). The van der Waals surface area contributed by atoms with Gasteiger partial charge in [0, 0.05) is 6.42 Å². The van der Waals surface area contributed by atoms with Crippen LogP contribution in [0.5, 0.6) is 0 Å². The fourth-order valence-corrected chi connectivity index (χ4v) is 1.52. The number of hydrogen-bond acceptors (Lipinski definition) is 1. The molecule has 1 aliphatic rings. The molecule has 0 unspecified atom stereocenters. The Morgan fingerprint density at radius 1 is 1.42 bits per heavy atom. The molecule has 0 aromatic heterocycles. The van der Waals surface area contributed by atoms with E-state index in [4.69, 9.17) is 0 Å². The Bertz CT molecular complexity index is 183. The lowest BCUT2D eigenvalue weighted by Crippen LogP contribution is -1.98. The quantitative estimate of drug-likeness (QED) is 0.453. The lowest BCUT2D eigenvalue weighted by Gasteiger charge is -2.09. The highest BCUT2D eigenvalue weighted by atomic mass is 16.1. The molecule has 1 heteroatoms. The molecule has 0 heterocycles. The van der Waals surface area contributed by atoms with Gasteiger partial charge in [0.1, 0.15) is 6.29 Å². The summed E-state index contributed by atoms with van der Waals surface area (Å²) in [6.45, 7) is 4.27. The van der Waals surface area contributed by atoms with Crippen molar-refractivity contribution < 1.29 is 4.79 Å². The summed E-state index contributed by atoms with van der Waals surface area (Å²) in [4.78, 5) is 10.2. The summed E-state index contributed by atoms with van der Waals surface area (Å²) in [5.74, 6) is 0. The maximum absolute atomic E-state index is 10.2. The highest BCUT2D eigenvalue weighted by Crippen LogP contribution is 2.52. The molecule has 0 saturated heterocycles. The van der Waals surface area contributed by atoms with Gasteiger partial charge in [-0.1, -0.05) is 11.6 Å². The third kappa shape index (κ3) is 2.80. The Labute approximate surface area is 74.9 Å². The van der Waals surface area contributed by atoms with Crippen molar-refractivity contribution in [3.63, 3.8) is 0 Å². The van der Waals surface area contributed by atoms with E-state index < -0.39 is 0 Å². The zero-order chi connectivity index (χ0) is 9.03. The van der Waals surface area contributed by atoms with E-state index in [1.54, 1.807) is 0 Å². The average Bonchev–Trinajstić information content (AvgIpc) is 2.79. The Kier molecular flexibility index (Phi) is 3.07. The molecular formula is C11H18O. The molecule has 68 valence electrons. The molecular weight excluding hydrogens is 148 g/mol. The first-order valence-corrected chi connectivity index (χ1v) is 4.76. The Morgan fingerprint density at radius 2 is 2.08 bits per heavy atom. The van der Waals surface area contributed by atoms with E-state index in [0.717, 1.165) is 19.1 Å². The normalized spacial score (nSPS) is 18.5. The van der Waals surface area contributed by atoms with Crippen LogP contribution in [0.2, 0.25) is 0 Å². The Morgan fingerprint density at radius 3 is 2.50 bits per heavy atom. The van der Waals surface area contributed by atoms with Crippen LogP contribution in [-0.2, 0) is 4.79 Å². The second-order valence-corrected chi connectivity index (χ2v) is 4.19. The van der Waals surface area contributed by atoms with Gasteiger partial charge in [-0.2, -0.15) is 0 Å². The maximum Gasteiger partial charge on any atom is 0.120 e. The highest BCUT2D eigenvalue weighted by molar-refractivity contribution is 5.49. The molecule has 0 radical (unpaired) electrons. The van der Waals surface area contributed by atoms with Crippen LogP contribution < -0.4 is 0 Å². The van der Waals surface area contributed by atoms with Gasteiger partial charge < -0.3 is 4.79 Å². The minimum Gasteiger partial charge on any atom is -0.303 e. The van der Waals surface area contributed by atoms with Crippen LogP contribution in [0.4, 0.5) is 0 Å². The van der Waals surface area contributed by atoms with Gasteiger partial charge in [-0.3, -0.25) is 0 Å². The summed E-state index contributed by atoms with van der Waals surface area (Å²) in [5, 5.41) is 0. The van der Waals surface area contributed by atoms with Crippen LogP contribution in [0.3, 0.4) is 0 Å². The SMILES string of the molecule is CC(C)=CCC1(CCC=O)CC1. The summed E-state index contributed by atoms with van der Waals surface area (Å²) in [6, 6.07) is 0. The predicted molar refractivity (Wildman–Crippen MR) is 51.0 cm³/mol.